The fourth-order valence-corrected chi connectivity index (χ4v) is 2.66. The lowest BCUT2D eigenvalue weighted by Gasteiger charge is -2.34. The summed E-state index contributed by atoms with van der Waals surface area (Å²) in [6, 6.07) is 6.18. The average Bonchev–Trinajstić information content (AvgIpc) is 2.38. The minimum atomic E-state index is -3.63. The molecule has 1 fully saturated rings. The number of non-ortho nitro benzene ring substituents is 1. The van der Waals surface area contributed by atoms with Gasteiger partial charge in [0, 0.05) is 44.0 Å². The second kappa shape index (κ2) is 5.11. The maximum absolute atomic E-state index is 11.2. The summed E-state index contributed by atoms with van der Waals surface area (Å²) in [7, 11) is -3.63. The van der Waals surface area contributed by atoms with Crippen LogP contribution in [0.25, 0.3) is 0 Å². The van der Waals surface area contributed by atoms with Gasteiger partial charge < -0.3 is 4.90 Å². The van der Waals surface area contributed by atoms with Crippen molar-refractivity contribution in [3.05, 3.63) is 34.4 Å². The molecule has 2 N–H and O–H groups in total. The average molecular weight is 286 g/mol. The third-order valence-corrected chi connectivity index (χ3v) is 4.11. The number of nitro groups is 1. The standard InChI is InChI=1S/C10H14N4O4S/c11-19(17,18)13-7-5-12(6-8-13)9-1-3-10(4-2-9)14(15)16/h1-4H,5-8H2,(H2,11,17,18). The molecule has 1 aliphatic rings. The highest BCUT2D eigenvalue weighted by Crippen LogP contribution is 2.20. The van der Waals surface area contributed by atoms with E-state index in [1.54, 1.807) is 12.1 Å². The Morgan fingerprint density at radius 2 is 1.63 bits per heavy atom. The van der Waals surface area contributed by atoms with Crippen LogP contribution in [0.1, 0.15) is 0 Å². The molecule has 0 atom stereocenters. The van der Waals surface area contributed by atoms with Gasteiger partial charge >= 0.3 is 0 Å². The maximum atomic E-state index is 11.2. The highest BCUT2D eigenvalue weighted by molar-refractivity contribution is 7.86. The highest BCUT2D eigenvalue weighted by atomic mass is 32.2. The van der Waals surface area contributed by atoms with Gasteiger partial charge in [-0.1, -0.05) is 0 Å². The Morgan fingerprint density at radius 3 is 2.05 bits per heavy atom. The summed E-state index contributed by atoms with van der Waals surface area (Å²) in [6.45, 7) is 1.65. The molecule has 1 heterocycles. The SMILES string of the molecule is NS(=O)(=O)N1CCN(c2ccc([N+](=O)[O-])cc2)CC1. The third kappa shape index (κ3) is 3.19. The molecule has 19 heavy (non-hydrogen) atoms. The molecule has 1 aliphatic heterocycles. The lowest BCUT2D eigenvalue weighted by molar-refractivity contribution is -0.384. The lowest BCUT2D eigenvalue weighted by Crippen LogP contribution is -2.50. The van der Waals surface area contributed by atoms with Crippen LogP contribution in [0.5, 0.6) is 0 Å². The van der Waals surface area contributed by atoms with Crippen molar-refractivity contribution in [3.63, 3.8) is 0 Å². The Bertz CT molecular complexity index is 564. The predicted octanol–water partition coefficient (Wildman–Crippen LogP) is -0.0797. The predicted molar refractivity (Wildman–Crippen MR) is 70.0 cm³/mol. The van der Waals surface area contributed by atoms with Gasteiger partial charge in [0.25, 0.3) is 15.9 Å². The molecule has 104 valence electrons. The molecule has 1 saturated heterocycles. The van der Waals surface area contributed by atoms with Crippen LogP contribution in [0.15, 0.2) is 24.3 Å². The largest absolute Gasteiger partial charge is 0.369 e. The van der Waals surface area contributed by atoms with E-state index in [-0.39, 0.29) is 5.69 Å². The van der Waals surface area contributed by atoms with Crippen molar-refractivity contribution in [2.45, 2.75) is 0 Å². The van der Waals surface area contributed by atoms with Crippen molar-refractivity contribution < 1.29 is 13.3 Å². The van der Waals surface area contributed by atoms with Gasteiger partial charge in [-0.25, -0.2) is 5.14 Å². The van der Waals surface area contributed by atoms with Crippen molar-refractivity contribution >= 4 is 21.6 Å². The van der Waals surface area contributed by atoms with E-state index in [4.69, 9.17) is 5.14 Å². The highest BCUT2D eigenvalue weighted by Gasteiger charge is 2.24. The Balaban J connectivity index is 2.03. The Labute approximate surface area is 110 Å². The first-order valence-electron chi connectivity index (χ1n) is 5.65. The van der Waals surface area contributed by atoms with Crippen molar-refractivity contribution in [1.82, 2.24) is 4.31 Å². The summed E-state index contributed by atoms with van der Waals surface area (Å²) in [4.78, 5) is 12.1. The van der Waals surface area contributed by atoms with E-state index in [1.807, 2.05) is 4.90 Å². The molecule has 0 aromatic heterocycles. The molecule has 2 rings (SSSR count). The second-order valence-electron chi connectivity index (χ2n) is 4.20. The molecule has 1 aromatic carbocycles. The van der Waals surface area contributed by atoms with Crippen molar-refractivity contribution in [1.29, 1.82) is 0 Å². The van der Waals surface area contributed by atoms with Crippen LogP contribution in [-0.2, 0) is 10.2 Å². The third-order valence-electron chi connectivity index (χ3n) is 3.02. The van der Waals surface area contributed by atoms with E-state index in [0.717, 1.165) is 5.69 Å². The van der Waals surface area contributed by atoms with Crippen LogP contribution in [0, 0.1) is 10.1 Å². The van der Waals surface area contributed by atoms with Crippen LogP contribution < -0.4 is 10.0 Å². The molecule has 0 bridgehead atoms. The minimum absolute atomic E-state index is 0.0342. The molecule has 8 nitrogen and oxygen atoms in total. The number of benzene rings is 1. The monoisotopic (exact) mass is 286 g/mol. The van der Waals surface area contributed by atoms with Gasteiger partial charge in [0.1, 0.15) is 0 Å². The molecule has 9 heteroatoms. The summed E-state index contributed by atoms with van der Waals surface area (Å²) < 4.78 is 23.5. The molecule has 0 spiro atoms. The maximum Gasteiger partial charge on any atom is 0.277 e. The first-order valence-corrected chi connectivity index (χ1v) is 7.15. The number of anilines is 1. The zero-order chi connectivity index (χ0) is 14.0. The van der Waals surface area contributed by atoms with E-state index in [0.29, 0.717) is 26.2 Å². The summed E-state index contributed by atoms with van der Waals surface area (Å²) in [6.07, 6.45) is 0. The van der Waals surface area contributed by atoms with E-state index in [1.165, 1.54) is 16.4 Å². The summed E-state index contributed by atoms with van der Waals surface area (Å²) in [5.41, 5.74) is 0.867. The molecule has 0 aliphatic carbocycles. The van der Waals surface area contributed by atoms with Crippen LogP contribution >= 0.6 is 0 Å². The van der Waals surface area contributed by atoms with Crippen LogP contribution in [0.4, 0.5) is 11.4 Å². The number of nitrogens with two attached hydrogens (primary N) is 1. The summed E-state index contributed by atoms with van der Waals surface area (Å²) >= 11 is 0. The first kappa shape index (κ1) is 13.7. The molecular weight excluding hydrogens is 272 g/mol. The van der Waals surface area contributed by atoms with Crippen LogP contribution in [-0.4, -0.2) is 43.8 Å². The van der Waals surface area contributed by atoms with Gasteiger partial charge in [-0.05, 0) is 12.1 Å². The molecule has 0 radical (unpaired) electrons. The van der Waals surface area contributed by atoms with Crippen molar-refractivity contribution in [2.75, 3.05) is 31.1 Å². The Morgan fingerprint density at radius 1 is 1.11 bits per heavy atom. The van der Waals surface area contributed by atoms with Gasteiger partial charge in [0.2, 0.25) is 0 Å². The Hall–Kier alpha value is -1.71. The number of nitrogens with zero attached hydrogens (tertiary/aromatic N) is 3. The number of piperazine rings is 1. The number of rotatable bonds is 3. The smallest absolute Gasteiger partial charge is 0.277 e. The van der Waals surface area contributed by atoms with Gasteiger partial charge in [-0.2, -0.15) is 12.7 Å². The van der Waals surface area contributed by atoms with E-state index >= 15 is 0 Å². The zero-order valence-corrected chi connectivity index (χ0v) is 10.9. The summed E-state index contributed by atoms with van der Waals surface area (Å²) in [5, 5.41) is 15.6. The van der Waals surface area contributed by atoms with E-state index in [9.17, 15) is 18.5 Å². The molecule has 0 unspecified atom stereocenters. The van der Waals surface area contributed by atoms with Crippen LogP contribution in [0.2, 0.25) is 0 Å². The van der Waals surface area contributed by atoms with Gasteiger partial charge in [-0.3, -0.25) is 10.1 Å². The van der Waals surface area contributed by atoms with E-state index in [2.05, 4.69) is 0 Å². The molecule has 1 aromatic rings. The molecular formula is C10H14N4O4S. The van der Waals surface area contributed by atoms with E-state index < -0.39 is 15.1 Å². The molecule has 0 amide bonds. The normalized spacial score (nSPS) is 17.4. The second-order valence-corrected chi connectivity index (χ2v) is 5.75. The quantitative estimate of drug-likeness (QED) is 0.617. The number of hydrogen-bond acceptors (Lipinski definition) is 5. The topological polar surface area (TPSA) is 110 Å². The molecule has 0 saturated carbocycles. The first-order chi connectivity index (χ1) is 8.88. The number of nitro benzene ring substituents is 1. The fraction of sp³-hybridized carbons (Fsp3) is 0.400. The minimum Gasteiger partial charge on any atom is -0.369 e. The Kier molecular flexibility index (Phi) is 3.69. The van der Waals surface area contributed by atoms with Gasteiger partial charge in [-0.15, -0.1) is 0 Å². The zero-order valence-electron chi connectivity index (χ0n) is 10.1. The summed E-state index contributed by atoms with van der Waals surface area (Å²) in [5.74, 6) is 0. The van der Waals surface area contributed by atoms with Gasteiger partial charge in [0.05, 0.1) is 4.92 Å². The number of hydrogen-bond donors (Lipinski definition) is 1. The van der Waals surface area contributed by atoms with Crippen LogP contribution in [0.3, 0.4) is 0 Å². The fourth-order valence-electron chi connectivity index (χ4n) is 1.99. The van der Waals surface area contributed by atoms with Crippen molar-refractivity contribution in [2.24, 2.45) is 5.14 Å². The lowest BCUT2D eigenvalue weighted by atomic mass is 10.2. The van der Waals surface area contributed by atoms with Gasteiger partial charge in [0.15, 0.2) is 0 Å². The van der Waals surface area contributed by atoms with Crippen molar-refractivity contribution in [3.8, 4) is 0 Å².